The van der Waals surface area contributed by atoms with Crippen molar-refractivity contribution in [2.24, 2.45) is 0 Å². The van der Waals surface area contributed by atoms with Gasteiger partial charge in [-0.2, -0.15) is 0 Å². The van der Waals surface area contributed by atoms with Crippen LogP contribution in [0, 0.1) is 0 Å². The van der Waals surface area contributed by atoms with E-state index in [1.807, 2.05) is 11.8 Å². The molecule has 43 heavy (non-hydrogen) atoms. The predicted molar refractivity (Wildman–Crippen MR) is 180 cm³/mol. The molecule has 0 aromatic heterocycles. The minimum absolute atomic E-state index is 0.445. The molecule has 202 valence electrons. The van der Waals surface area contributed by atoms with Crippen molar-refractivity contribution in [2.45, 2.75) is 15.2 Å². The average molecular weight is 566 g/mol. The van der Waals surface area contributed by atoms with E-state index >= 15 is 0 Å². The van der Waals surface area contributed by atoms with Crippen LogP contribution in [0.15, 0.2) is 174 Å². The monoisotopic (exact) mass is 565 g/mol. The van der Waals surface area contributed by atoms with Crippen LogP contribution in [-0.2, 0) is 5.41 Å². The summed E-state index contributed by atoms with van der Waals surface area (Å²) in [6.07, 6.45) is 0. The lowest BCUT2D eigenvalue weighted by atomic mass is 9.66. The Hall–Kier alpha value is -5.05. The summed E-state index contributed by atoms with van der Waals surface area (Å²) in [5, 5.41) is 2.59. The Morgan fingerprint density at radius 3 is 1.65 bits per heavy atom. The molecular weight excluding hydrogens is 539 g/mol. The van der Waals surface area contributed by atoms with Gasteiger partial charge in [-0.1, -0.05) is 127 Å². The van der Waals surface area contributed by atoms with Gasteiger partial charge in [-0.25, -0.2) is 0 Å². The molecule has 7 aromatic rings. The molecule has 1 heterocycles. The van der Waals surface area contributed by atoms with Gasteiger partial charge in [0.2, 0.25) is 0 Å². The first-order chi connectivity index (χ1) is 21.3. The molecule has 1 aliphatic heterocycles. The molecule has 0 bridgehead atoms. The molecule has 9 rings (SSSR count). The second kappa shape index (κ2) is 9.49. The summed E-state index contributed by atoms with van der Waals surface area (Å²) < 4.78 is 0. The van der Waals surface area contributed by atoms with E-state index in [0.717, 1.165) is 17.1 Å². The molecule has 0 radical (unpaired) electrons. The first kappa shape index (κ1) is 24.5. The van der Waals surface area contributed by atoms with Crippen molar-refractivity contribution in [3.63, 3.8) is 0 Å². The van der Waals surface area contributed by atoms with Gasteiger partial charge >= 0.3 is 0 Å². The Morgan fingerprint density at radius 1 is 0.419 bits per heavy atom. The topological polar surface area (TPSA) is 3.24 Å². The highest BCUT2D eigenvalue weighted by Gasteiger charge is 2.51. The van der Waals surface area contributed by atoms with Crippen molar-refractivity contribution in [2.75, 3.05) is 4.90 Å². The van der Waals surface area contributed by atoms with Crippen molar-refractivity contribution in [1.82, 2.24) is 0 Å². The Morgan fingerprint density at radius 2 is 0.977 bits per heavy atom. The van der Waals surface area contributed by atoms with Crippen LogP contribution >= 0.6 is 11.8 Å². The highest BCUT2D eigenvalue weighted by Crippen LogP contribution is 2.64. The fourth-order valence-corrected chi connectivity index (χ4v) is 8.60. The fourth-order valence-electron chi connectivity index (χ4n) is 7.41. The minimum atomic E-state index is -0.445. The lowest BCUT2D eigenvalue weighted by Gasteiger charge is -2.40. The van der Waals surface area contributed by atoms with E-state index < -0.39 is 5.41 Å². The molecule has 1 spiro atoms. The van der Waals surface area contributed by atoms with E-state index in [4.69, 9.17) is 0 Å². The lowest BCUT2D eigenvalue weighted by Crippen LogP contribution is -2.32. The third-order valence-electron chi connectivity index (χ3n) is 9.09. The number of benzene rings is 7. The molecular formula is C41H27NS. The van der Waals surface area contributed by atoms with E-state index in [2.05, 4.69) is 169 Å². The van der Waals surface area contributed by atoms with Crippen LogP contribution < -0.4 is 4.90 Å². The molecule has 1 aliphatic carbocycles. The standard InChI is InChI=1S/C41H27NS/c1-3-14-29(15-4-1)42(30-16-5-2-6-17-30)31-24-26-33-34-25-23-28-13-7-8-18-32(28)40(34)41(37(33)27-31)35-19-9-11-21-38(35)43-39-22-12-10-20-36(39)41/h1-27H. The maximum atomic E-state index is 2.47. The largest absolute Gasteiger partial charge is 0.310 e. The maximum absolute atomic E-state index is 2.47. The lowest BCUT2D eigenvalue weighted by molar-refractivity contribution is 0.728. The van der Waals surface area contributed by atoms with Crippen molar-refractivity contribution in [1.29, 1.82) is 0 Å². The van der Waals surface area contributed by atoms with Crippen LogP contribution in [0.2, 0.25) is 0 Å². The Labute approximate surface area is 256 Å². The van der Waals surface area contributed by atoms with Gasteiger partial charge < -0.3 is 4.90 Å². The molecule has 1 nitrogen and oxygen atoms in total. The Balaban J connectivity index is 1.42. The molecule has 0 saturated heterocycles. The zero-order chi connectivity index (χ0) is 28.4. The number of fused-ring (bicyclic) bond motifs is 11. The maximum Gasteiger partial charge on any atom is 0.0742 e. The average Bonchev–Trinajstić information content (AvgIpc) is 3.37. The third-order valence-corrected chi connectivity index (χ3v) is 10.2. The summed E-state index contributed by atoms with van der Waals surface area (Å²) in [7, 11) is 0. The molecule has 0 amide bonds. The summed E-state index contributed by atoms with van der Waals surface area (Å²) >= 11 is 1.89. The van der Waals surface area contributed by atoms with Gasteiger partial charge in [-0.05, 0) is 92.7 Å². The molecule has 2 aliphatic rings. The number of anilines is 3. The van der Waals surface area contributed by atoms with Crippen LogP contribution in [-0.4, -0.2) is 0 Å². The van der Waals surface area contributed by atoms with Crippen molar-refractivity contribution < 1.29 is 0 Å². The fraction of sp³-hybridized carbons (Fsp3) is 0.0244. The van der Waals surface area contributed by atoms with Crippen LogP contribution in [0.25, 0.3) is 21.9 Å². The van der Waals surface area contributed by atoms with Crippen LogP contribution in [0.3, 0.4) is 0 Å². The third kappa shape index (κ3) is 3.48. The molecule has 0 fully saturated rings. The normalized spacial score (nSPS) is 13.7. The summed E-state index contributed by atoms with van der Waals surface area (Å²) in [5.41, 5.74) is 11.1. The van der Waals surface area contributed by atoms with E-state index in [1.54, 1.807) is 0 Å². The van der Waals surface area contributed by atoms with Crippen LogP contribution in [0.4, 0.5) is 17.1 Å². The summed E-state index contributed by atoms with van der Waals surface area (Å²) in [6, 6.07) is 60.2. The molecule has 0 saturated carbocycles. The van der Waals surface area contributed by atoms with Crippen molar-refractivity contribution >= 4 is 39.6 Å². The zero-order valence-electron chi connectivity index (χ0n) is 23.4. The molecule has 0 unspecified atom stereocenters. The number of hydrogen-bond acceptors (Lipinski definition) is 2. The highest BCUT2D eigenvalue weighted by atomic mass is 32.2. The second-order valence-corrected chi connectivity index (χ2v) is 12.4. The number of nitrogens with zero attached hydrogens (tertiary/aromatic N) is 1. The predicted octanol–water partition coefficient (Wildman–Crippen LogP) is 11.1. The molecule has 0 atom stereocenters. The molecule has 2 heteroatoms. The van der Waals surface area contributed by atoms with Gasteiger partial charge in [0.15, 0.2) is 0 Å². The van der Waals surface area contributed by atoms with Gasteiger partial charge in [0.1, 0.15) is 0 Å². The van der Waals surface area contributed by atoms with Gasteiger partial charge in [0.25, 0.3) is 0 Å². The zero-order valence-corrected chi connectivity index (χ0v) is 24.3. The van der Waals surface area contributed by atoms with Crippen LogP contribution in [0.1, 0.15) is 22.3 Å². The van der Waals surface area contributed by atoms with E-state index in [0.29, 0.717) is 0 Å². The van der Waals surface area contributed by atoms with Gasteiger partial charge in [-0.3, -0.25) is 0 Å². The quantitative estimate of drug-likeness (QED) is 0.210. The SMILES string of the molecule is c1ccc(N(c2ccccc2)c2ccc3c(c2)C2(c4ccccc4Sc4ccccc42)c2c-3ccc3ccccc23)cc1. The minimum Gasteiger partial charge on any atom is -0.310 e. The summed E-state index contributed by atoms with van der Waals surface area (Å²) in [4.78, 5) is 5.02. The summed E-state index contributed by atoms with van der Waals surface area (Å²) in [5.74, 6) is 0. The first-order valence-corrected chi connectivity index (χ1v) is 15.6. The summed E-state index contributed by atoms with van der Waals surface area (Å²) in [6.45, 7) is 0. The van der Waals surface area contributed by atoms with Crippen LogP contribution in [0.5, 0.6) is 0 Å². The van der Waals surface area contributed by atoms with Crippen molar-refractivity contribution in [3.05, 3.63) is 186 Å². The van der Waals surface area contributed by atoms with Gasteiger partial charge in [0, 0.05) is 26.9 Å². The van der Waals surface area contributed by atoms with Gasteiger partial charge in [-0.15, -0.1) is 0 Å². The number of para-hydroxylation sites is 2. The first-order valence-electron chi connectivity index (χ1n) is 14.8. The molecule has 7 aromatic carbocycles. The second-order valence-electron chi connectivity index (χ2n) is 11.3. The Bertz CT molecular complexity index is 2080. The van der Waals surface area contributed by atoms with E-state index in [1.165, 1.54) is 53.9 Å². The Kier molecular flexibility index (Phi) is 5.41. The number of rotatable bonds is 3. The van der Waals surface area contributed by atoms with E-state index in [9.17, 15) is 0 Å². The van der Waals surface area contributed by atoms with E-state index in [-0.39, 0.29) is 0 Å². The van der Waals surface area contributed by atoms with Crippen molar-refractivity contribution in [3.8, 4) is 11.1 Å². The number of hydrogen-bond donors (Lipinski definition) is 0. The highest BCUT2D eigenvalue weighted by molar-refractivity contribution is 7.99. The smallest absolute Gasteiger partial charge is 0.0742 e. The van der Waals surface area contributed by atoms with Gasteiger partial charge in [0.05, 0.1) is 5.41 Å². The molecule has 0 N–H and O–H groups in total.